The molecule has 0 amide bonds. The van der Waals surface area contributed by atoms with Crippen LogP contribution in [-0.2, 0) is 6.54 Å². The molecular weight excluding hydrogens is 286 g/mol. The molecule has 0 saturated carbocycles. The summed E-state index contributed by atoms with van der Waals surface area (Å²) in [5.41, 5.74) is 5.81. The summed E-state index contributed by atoms with van der Waals surface area (Å²) in [5.74, 6) is 1.25. The Morgan fingerprint density at radius 1 is 1.33 bits per heavy atom. The van der Waals surface area contributed by atoms with Gasteiger partial charge in [-0.3, -0.25) is 4.57 Å². The molecule has 0 aromatic carbocycles. The quantitative estimate of drug-likeness (QED) is 0.772. The summed E-state index contributed by atoms with van der Waals surface area (Å²) < 4.78 is 1.71. The number of thiophene rings is 1. The van der Waals surface area contributed by atoms with Gasteiger partial charge in [0.1, 0.15) is 6.33 Å². The highest BCUT2D eigenvalue weighted by Crippen LogP contribution is 2.17. The summed E-state index contributed by atoms with van der Waals surface area (Å²) in [5, 5.41) is 2.06. The van der Waals surface area contributed by atoms with E-state index in [0.29, 0.717) is 11.9 Å². The van der Waals surface area contributed by atoms with Crippen molar-refractivity contribution in [2.24, 2.45) is 0 Å². The third-order valence-electron chi connectivity index (χ3n) is 2.96. The van der Waals surface area contributed by atoms with Crippen LogP contribution in [0.5, 0.6) is 0 Å². The fourth-order valence-corrected chi connectivity index (χ4v) is 2.64. The van der Waals surface area contributed by atoms with Crippen LogP contribution in [0.1, 0.15) is 11.8 Å². The molecule has 3 aromatic heterocycles. The number of nitrogens with zero attached hydrogens (tertiary/aromatic N) is 6. The van der Waals surface area contributed by atoms with Crippen LogP contribution < -0.4 is 10.6 Å². The lowest BCUT2D eigenvalue weighted by atomic mass is 10.4. The van der Waals surface area contributed by atoms with Crippen LogP contribution in [0, 0.1) is 0 Å². The van der Waals surface area contributed by atoms with Crippen LogP contribution in [0.2, 0.25) is 0 Å². The summed E-state index contributed by atoms with van der Waals surface area (Å²) in [6.45, 7) is 3.59. The van der Waals surface area contributed by atoms with E-state index in [1.54, 1.807) is 34.6 Å². The van der Waals surface area contributed by atoms with Crippen LogP contribution in [0.3, 0.4) is 0 Å². The van der Waals surface area contributed by atoms with Crippen molar-refractivity contribution in [2.75, 3.05) is 17.2 Å². The molecule has 3 rings (SSSR count). The molecular formula is C13H15N7S. The maximum atomic E-state index is 5.81. The first-order valence-corrected chi connectivity index (χ1v) is 7.41. The van der Waals surface area contributed by atoms with Crippen LogP contribution in [0.15, 0.2) is 36.2 Å². The van der Waals surface area contributed by atoms with Crippen molar-refractivity contribution >= 4 is 23.2 Å². The molecule has 7 nitrogen and oxygen atoms in total. The molecule has 0 atom stereocenters. The van der Waals surface area contributed by atoms with E-state index in [1.807, 2.05) is 6.07 Å². The number of hydrogen-bond donors (Lipinski definition) is 1. The lowest BCUT2D eigenvalue weighted by Gasteiger charge is -2.20. The Morgan fingerprint density at radius 3 is 2.90 bits per heavy atom. The van der Waals surface area contributed by atoms with Crippen molar-refractivity contribution in [3.63, 3.8) is 0 Å². The Labute approximate surface area is 126 Å². The Balaban J connectivity index is 1.93. The van der Waals surface area contributed by atoms with Crippen molar-refractivity contribution in [3.8, 4) is 5.95 Å². The number of nitrogen functional groups attached to an aromatic ring is 1. The van der Waals surface area contributed by atoms with E-state index in [0.717, 1.165) is 13.1 Å². The first kappa shape index (κ1) is 13.5. The van der Waals surface area contributed by atoms with Crippen molar-refractivity contribution in [3.05, 3.63) is 41.1 Å². The van der Waals surface area contributed by atoms with Gasteiger partial charge in [-0.05, 0) is 18.4 Å². The van der Waals surface area contributed by atoms with Crippen molar-refractivity contribution in [1.82, 2.24) is 24.5 Å². The molecule has 0 aliphatic heterocycles. The summed E-state index contributed by atoms with van der Waals surface area (Å²) >= 11 is 1.71. The summed E-state index contributed by atoms with van der Waals surface area (Å²) in [6, 6.07) is 4.13. The SMILES string of the molecule is CCN(Cc1cccs1)c1nc(N)nc(-n2ccnc2)n1. The largest absolute Gasteiger partial charge is 0.368 e. The molecule has 0 fully saturated rings. The Morgan fingerprint density at radius 2 is 2.24 bits per heavy atom. The van der Waals surface area contributed by atoms with Gasteiger partial charge in [-0.25, -0.2) is 4.98 Å². The predicted molar refractivity (Wildman–Crippen MR) is 82.4 cm³/mol. The molecule has 0 bridgehead atoms. The summed E-state index contributed by atoms with van der Waals surface area (Å²) in [6.07, 6.45) is 5.07. The molecule has 3 aromatic rings. The second-order valence-electron chi connectivity index (χ2n) is 4.36. The number of anilines is 2. The first-order valence-electron chi connectivity index (χ1n) is 6.53. The zero-order valence-electron chi connectivity index (χ0n) is 11.5. The Kier molecular flexibility index (Phi) is 3.78. The molecule has 0 radical (unpaired) electrons. The van der Waals surface area contributed by atoms with Gasteiger partial charge in [0, 0.05) is 23.8 Å². The molecule has 0 aliphatic rings. The zero-order chi connectivity index (χ0) is 14.7. The van der Waals surface area contributed by atoms with E-state index in [1.165, 1.54) is 4.88 Å². The smallest absolute Gasteiger partial charge is 0.241 e. The fraction of sp³-hybridized carbons (Fsp3) is 0.231. The second-order valence-corrected chi connectivity index (χ2v) is 5.39. The third-order valence-corrected chi connectivity index (χ3v) is 3.82. The van der Waals surface area contributed by atoms with Crippen molar-refractivity contribution in [1.29, 1.82) is 0 Å². The maximum absolute atomic E-state index is 5.81. The lowest BCUT2D eigenvalue weighted by Crippen LogP contribution is -2.25. The van der Waals surface area contributed by atoms with Gasteiger partial charge in [-0.2, -0.15) is 15.0 Å². The molecule has 21 heavy (non-hydrogen) atoms. The molecule has 2 N–H and O–H groups in total. The normalized spacial score (nSPS) is 10.7. The van der Waals surface area contributed by atoms with Crippen LogP contribution >= 0.6 is 11.3 Å². The number of imidazole rings is 1. The number of rotatable bonds is 5. The minimum Gasteiger partial charge on any atom is -0.368 e. The summed E-state index contributed by atoms with van der Waals surface area (Å²) in [7, 11) is 0. The van der Waals surface area contributed by atoms with Gasteiger partial charge in [0.25, 0.3) is 0 Å². The van der Waals surface area contributed by atoms with Gasteiger partial charge in [-0.1, -0.05) is 6.07 Å². The molecule has 8 heteroatoms. The molecule has 0 saturated heterocycles. The van der Waals surface area contributed by atoms with Crippen molar-refractivity contribution in [2.45, 2.75) is 13.5 Å². The minimum atomic E-state index is 0.202. The number of aromatic nitrogens is 5. The molecule has 0 unspecified atom stereocenters. The van der Waals surface area contributed by atoms with Crippen molar-refractivity contribution < 1.29 is 0 Å². The average Bonchev–Trinajstić information content (AvgIpc) is 3.17. The van der Waals surface area contributed by atoms with Gasteiger partial charge < -0.3 is 10.6 Å². The number of nitrogens with two attached hydrogens (primary N) is 1. The summed E-state index contributed by atoms with van der Waals surface area (Å²) in [4.78, 5) is 20.2. The van der Waals surface area contributed by atoms with Gasteiger partial charge in [0.2, 0.25) is 17.8 Å². The topological polar surface area (TPSA) is 85.8 Å². The van der Waals surface area contributed by atoms with Gasteiger partial charge >= 0.3 is 0 Å². The van der Waals surface area contributed by atoms with E-state index in [4.69, 9.17) is 5.73 Å². The highest BCUT2D eigenvalue weighted by atomic mass is 32.1. The van der Waals surface area contributed by atoms with Crippen LogP contribution in [0.4, 0.5) is 11.9 Å². The lowest BCUT2D eigenvalue weighted by molar-refractivity contribution is 0.780. The maximum Gasteiger partial charge on any atom is 0.241 e. The van der Waals surface area contributed by atoms with Gasteiger partial charge in [-0.15, -0.1) is 11.3 Å². The standard InChI is InChI=1S/C13H15N7S/c1-2-19(8-10-4-3-7-21-10)12-16-11(14)17-13(18-12)20-6-5-15-9-20/h3-7,9H,2,8H2,1H3,(H2,14,16,17,18). The Bertz CT molecular complexity index is 693. The third kappa shape index (κ3) is 3.00. The molecule has 108 valence electrons. The van der Waals surface area contributed by atoms with Crippen LogP contribution in [0.25, 0.3) is 5.95 Å². The molecule has 0 spiro atoms. The second kappa shape index (κ2) is 5.88. The van der Waals surface area contributed by atoms with E-state index in [-0.39, 0.29) is 5.95 Å². The molecule has 0 aliphatic carbocycles. The number of hydrogen-bond acceptors (Lipinski definition) is 7. The molecule has 3 heterocycles. The zero-order valence-corrected chi connectivity index (χ0v) is 12.4. The van der Waals surface area contributed by atoms with Gasteiger partial charge in [0.05, 0.1) is 6.54 Å². The average molecular weight is 301 g/mol. The first-order chi connectivity index (χ1) is 10.3. The van der Waals surface area contributed by atoms with E-state index >= 15 is 0 Å². The Hall–Kier alpha value is -2.48. The van der Waals surface area contributed by atoms with E-state index < -0.39 is 0 Å². The fourth-order valence-electron chi connectivity index (χ4n) is 1.92. The van der Waals surface area contributed by atoms with Crippen LogP contribution in [-0.4, -0.2) is 31.0 Å². The van der Waals surface area contributed by atoms with E-state index in [2.05, 4.69) is 43.2 Å². The highest BCUT2D eigenvalue weighted by Gasteiger charge is 2.13. The van der Waals surface area contributed by atoms with Gasteiger partial charge in [0.15, 0.2) is 0 Å². The highest BCUT2D eigenvalue weighted by molar-refractivity contribution is 7.09. The minimum absolute atomic E-state index is 0.202. The predicted octanol–water partition coefficient (Wildman–Crippen LogP) is 1.73. The van der Waals surface area contributed by atoms with E-state index in [9.17, 15) is 0 Å². The monoisotopic (exact) mass is 301 g/mol.